The van der Waals surface area contributed by atoms with Crippen LogP contribution in [0.3, 0.4) is 0 Å². The fraction of sp³-hybridized carbons (Fsp3) is 0.556. The Morgan fingerprint density at radius 2 is 2.00 bits per heavy atom. The first-order valence-electron chi connectivity index (χ1n) is 8.50. The predicted molar refractivity (Wildman–Crippen MR) is 97.3 cm³/mol. The highest BCUT2D eigenvalue weighted by Crippen LogP contribution is 2.44. The van der Waals surface area contributed by atoms with Gasteiger partial charge in [0.2, 0.25) is 5.91 Å². The molecule has 0 bridgehead atoms. The van der Waals surface area contributed by atoms with Crippen molar-refractivity contribution in [3.8, 4) is 5.75 Å². The number of piperidine rings is 1. The first-order valence-corrected chi connectivity index (χ1v) is 9.25. The minimum absolute atomic E-state index is 0.0293. The highest BCUT2D eigenvalue weighted by Gasteiger charge is 2.44. The van der Waals surface area contributed by atoms with E-state index >= 15 is 0 Å². The molecular weight excluding hydrogens is 381 g/mol. The molecule has 2 heterocycles. The maximum atomic E-state index is 12.6. The molecule has 26 heavy (non-hydrogen) atoms. The highest BCUT2D eigenvalue weighted by atomic mass is 35.5. The Hall–Kier alpha value is -1.34. The molecule has 2 aliphatic rings. The lowest BCUT2D eigenvalue weighted by Crippen LogP contribution is -2.52. The number of benzene rings is 1. The molecule has 0 radical (unpaired) electrons. The lowest BCUT2D eigenvalue weighted by atomic mass is 9.82. The highest BCUT2D eigenvalue weighted by molar-refractivity contribution is 6.36. The molecular formula is C18H21Cl2NO5. The molecule has 1 fully saturated rings. The largest absolute Gasteiger partial charge is 0.484 e. The number of halogens is 2. The molecule has 1 amide bonds. The summed E-state index contributed by atoms with van der Waals surface area (Å²) in [4.78, 5) is 26.5. The third kappa shape index (κ3) is 4.14. The number of ether oxygens (including phenoxy) is 3. The summed E-state index contributed by atoms with van der Waals surface area (Å²) in [6.45, 7) is 1.90. The Bertz CT molecular complexity index is 701. The third-order valence-electron chi connectivity index (χ3n) is 4.79. The summed E-state index contributed by atoms with van der Waals surface area (Å²) in [5, 5.41) is 0.750. The van der Waals surface area contributed by atoms with Gasteiger partial charge in [0, 0.05) is 38.1 Å². The minimum Gasteiger partial charge on any atom is -0.484 e. The number of nitrogens with zero attached hydrogens (tertiary/aromatic N) is 1. The number of carbonyl (C=O) groups excluding carboxylic acids is 2. The number of hydrogen-bond acceptors (Lipinski definition) is 5. The number of ketones is 1. The molecule has 142 valence electrons. The zero-order valence-electron chi connectivity index (χ0n) is 14.6. The molecule has 6 nitrogen and oxygen atoms in total. The van der Waals surface area contributed by atoms with E-state index in [2.05, 4.69) is 0 Å². The van der Waals surface area contributed by atoms with E-state index in [1.54, 1.807) is 24.1 Å². The van der Waals surface area contributed by atoms with E-state index in [0.29, 0.717) is 60.5 Å². The Morgan fingerprint density at radius 1 is 1.27 bits per heavy atom. The van der Waals surface area contributed by atoms with Crippen molar-refractivity contribution in [3.05, 3.63) is 27.7 Å². The van der Waals surface area contributed by atoms with Gasteiger partial charge >= 0.3 is 0 Å². The number of likely N-dealkylation sites (tertiary alicyclic amines) is 1. The van der Waals surface area contributed by atoms with E-state index in [1.807, 2.05) is 0 Å². The van der Waals surface area contributed by atoms with E-state index in [1.165, 1.54) is 0 Å². The van der Waals surface area contributed by atoms with Gasteiger partial charge in [-0.15, -0.1) is 0 Å². The second-order valence-corrected chi connectivity index (χ2v) is 7.42. The van der Waals surface area contributed by atoms with Gasteiger partial charge in [-0.25, -0.2) is 0 Å². The van der Waals surface area contributed by atoms with Crippen LogP contribution >= 0.6 is 23.2 Å². The Kier molecular flexibility index (Phi) is 6.07. The number of hydrogen-bond donors (Lipinski definition) is 0. The van der Waals surface area contributed by atoms with Gasteiger partial charge in [-0.2, -0.15) is 0 Å². The molecule has 1 aromatic rings. The van der Waals surface area contributed by atoms with Gasteiger partial charge < -0.3 is 19.1 Å². The van der Waals surface area contributed by atoms with Gasteiger partial charge in [0.15, 0.2) is 5.78 Å². The van der Waals surface area contributed by atoms with Gasteiger partial charge in [0.05, 0.1) is 30.2 Å². The molecule has 2 aliphatic heterocycles. The van der Waals surface area contributed by atoms with Crippen LogP contribution < -0.4 is 4.74 Å². The van der Waals surface area contributed by atoms with Crippen LogP contribution in [0.5, 0.6) is 5.75 Å². The lowest BCUT2D eigenvalue weighted by molar-refractivity contribution is -0.140. The molecule has 1 spiro atoms. The number of Topliss-reactive ketones (excluding diaryl/α,β-unsaturated/α-hetero) is 1. The maximum absolute atomic E-state index is 12.6. The average Bonchev–Trinajstić information content (AvgIpc) is 2.60. The van der Waals surface area contributed by atoms with Crippen LogP contribution in [-0.2, 0) is 14.3 Å². The molecule has 3 rings (SSSR count). The predicted octanol–water partition coefficient (Wildman–Crippen LogP) is 2.98. The fourth-order valence-corrected chi connectivity index (χ4v) is 3.88. The lowest BCUT2D eigenvalue weighted by Gasteiger charge is -2.44. The molecule has 8 heteroatoms. The van der Waals surface area contributed by atoms with Crippen molar-refractivity contribution in [3.63, 3.8) is 0 Å². The van der Waals surface area contributed by atoms with Crippen molar-refractivity contribution in [1.82, 2.24) is 4.90 Å². The fourth-order valence-electron chi connectivity index (χ4n) is 3.35. The van der Waals surface area contributed by atoms with Crippen molar-refractivity contribution in [2.45, 2.75) is 24.9 Å². The van der Waals surface area contributed by atoms with Crippen LogP contribution in [0.2, 0.25) is 10.0 Å². The molecule has 0 unspecified atom stereocenters. The van der Waals surface area contributed by atoms with Crippen molar-refractivity contribution in [2.75, 3.05) is 40.0 Å². The zero-order valence-corrected chi connectivity index (χ0v) is 16.1. The van der Waals surface area contributed by atoms with Crippen LogP contribution in [0.1, 0.15) is 29.6 Å². The molecule has 1 aromatic carbocycles. The van der Waals surface area contributed by atoms with Gasteiger partial charge in [-0.3, -0.25) is 9.59 Å². The second kappa shape index (κ2) is 8.13. The number of fused-ring (bicyclic) bond motifs is 1. The van der Waals surface area contributed by atoms with E-state index in [4.69, 9.17) is 37.4 Å². The standard InChI is InChI=1S/C18H21Cl2NO5/c1-24-6-7-25-11-16(23)21-4-2-18(3-5-21)10-15(22)13-8-12(19)9-14(20)17(13)26-18/h8-9H,2-7,10-11H2,1H3. The molecule has 0 N–H and O–H groups in total. The van der Waals surface area contributed by atoms with Crippen molar-refractivity contribution in [2.24, 2.45) is 0 Å². The quantitative estimate of drug-likeness (QED) is 0.709. The van der Waals surface area contributed by atoms with Crippen molar-refractivity contribution in [1.29, 1.82) is 0 Å². The Labute approximate surface area is 162 Å². The monoisotopic (exact) mass is 401 g/mol. The summed E-state index contributed by atoms with van der Waals surface area (Å²) >= 11 is 12.2. The van der Waals surface area contributed by atoms with Gasteiger partial charge in [0.1, 0.15) is 18.0 Å². The summed E-state index contributed by atoms with van der Waals surface area (Å²) in [5.41, 5.74) is -0.187. The van der Waals surface area contributed by atoms with E-state index < -0.39 is 5.60 Å². The number of rotatable bonds is 5. The number of carbonyl (C=O) groups is 2. The normalized spacial score (nSPS) is 18.6. The van der Waals surface area contributed by atoms with Crippen LogP contribution in [0, 0.1) is 0 Å². The second-order valence-electron chi connectivity index (χ2n) is 6.58. The van der Waals surface area contributed by atoms with E-state index in [9.17, 15) is 9.59 Å². The summed E-state index contributed by atoms with van der Waals surface area (Å²) in [7, 11) is 1.58. The average molecular weight is 402 g/mol. The van der Waals surface area contributed by atoms with Gasteiger partial charge in [-0.1, -0.05) is 23.2 Å². The Morgan fingerprint density at radius 3 is 2.69 bits per heavy atom. The summed E-state index contributed by atoms with van der Waals surface area (Å²) in [5.74, 6) is 0.302. The first-order chi connectivity index (χ1) is 12.4. The summed E-state index contributed by atoms with van der Waals surface area (Å²) in [6, 6.07) is 3.16. The molecule has 0 atom stereocenters. The van der Waals surface area contributed by atoms with E-state index in [-0.39, 0.29) is 24.7 Å². The number of methoxy groups -OCH3 is 1. The number of amides is 1. The summed E-state index contributed by atoms with van der Waals surface area (Å²) in [6.07, 6.45) is 1.41. The first kappa shape index (κ1) is 19.4. The summed E-state index contributed by atoms with van der Waals surface area (Å²) < 4.78 is 16.3. The van der Waals surface area contributed by atoms with Crippen molar-refractivity contribution < 1.29 is 23.8 Å². The van der Waals surface area contributed by atoms with Gasteiger partial charge in [-0.05, 0) is 12.1 Å². The van der Waals surface area contributed by atoms with Crippen LogP contribution in [0.25, 0.3) is 0 Å². The zero-order chi connectivity index (χ0) is 18.7. The molecule has 0 aromatic heterocycles. The third-order valence-corrected chi connectivity index (χ3v) is 5.29. The van der Waals surface area contributed by atoms with Crippen molar-refractivity contribution >= 4 is 34.9 Å². The van der Waals surface area contributed by atoms with Crippen LogP contribution in [0.4, 0.5) is 0 Å². The van der Waals surface area contributed by atoms with E-state index in [0.717, 1.165) is 0 Å². The topological polar surface area (TPSA) is 65.1 Å². The van der Waals surface area contributed by atoms with Gasteiger partial charge in [0.25, 0.3) is 0 Å². The molecule has 1 saturated heterocycles. The van der Waals surface area contributed by atoms with Crippen LogP contribution in [0.15, 0.2) is 12.1 Å². The smallest absolute Gasteiger partial charge is 0.248 e. The van der Waals surface area contributed by atoms with Crippen LogP contribution in [-0.4, -0.2) is 62.2 Å². The SMILES string of the molecule is COCCOCC(=O)N1CCC2(CC1)CC(=O)c1cc(Cl)cc(Cl)c1O2. The molecule has 0 saturated carbocycles. The molecule has 0 aliphatic carbocycles. The Balaban J connectivity index is 1.62. The maximum Gasteiger partial charge on any atom is 0.248 e. The minimum atomic E-state index is -0.616.